The van der Waals surface area contributed by atoms with Gasteiger partial charge in [-0.2, -0.15) is 0 Å². The predicted molar refractivity (Wildman–Crippen MR) is 132 cm³/mol. The van der Waals surface area contributed by atoms with Crippen LogP contribution >= 0.6 is 11.6 Å². The summed E-state index contributed by atoms with van der Waals surface area (Å²) in [5, 5.41) is 0.693. The van der Waals surface area contributed by atoms with Crippen LogP contribution in [0.2, 0.25) is 5.02 Å². The highest BCUT2D eigenvalue weighted by Gasteiger charge is 2.23. The molecule has 4 aromatic rings. The molecular weight excluding hydrogens is 432 g/mol. The van der Waals surface area contributed by atoms with Gasteiger partial charge in [0.15, 0.2) is 0 Å². The maximum absolute atomic E-state index is 12.8. The largest absolute Gasteiger partial charge is 0.340 e. The van der Waals surface area contributed by atoms with E-state index in [9.17, 15) is 4.79 Å². The highest BCUT2D eigenvalue weighted by molar-refractivity contribution is 6.30. The summed E-state index contributed by atoms with van der Waals surface area (Å²) in [6.45, 7) is 4.76. The Labute approximate surface area is 199 Å². The minimum atomic E-state index is 0.174. The maximum atomic E-state index is 12.8. The number of hydrogen-bond acceptors (Lipinski definition) is 3. The predicted octanol–water partition coefficient (Wildman–Crippen LogP) is 4.62. The molecule has 1 aromatic heterocycles. The van der Waals surface area contributed by atoms with Crippen LogP contribution in [0.4, 0.5) is 0 Å². The van der Waals surface area contributed by atoms with Crippen molar-refractivity contribution in [1.29, 1.82) is 0 Å². The number of rotatable bonds is 6. The number of para-hydroxylation sites is 2. The summed E-state index contributed by atoms with van der Waals surface area (Å²) in [5.41, 5.74) is 4.45. The molecule has 1 amide bonds. The van der Waals surface area contributed by atoms with Crippen molar-refractivity contribution in [2.75, 3.05) is 26.2 Å². The van der Waals surface area contributed by atoms with Gasteiger partial charge in [0, 0.05) is 37.7 Å². The monoisotopic (exact) mass is 458 g/mol. The Hall–Kier alpha value is -3.15. The second-order valence-corrected chi connectivity index (χ2v) is 8.99. The molecule has 0 atom stereocenters. The Morgan fingerprint density at radius 1 is 0.788 bits per heavy atom. The highest BCUT2D eigenvalue weighted by Crippen LogP contribution is 2.20. The fourth-order valence-electron chi connectivity index (χ4n) is 4.43. The van der Waals surface area contributed by atoms with Gasteiger partial charge >= 0.3 is 0 Å². The summed E-state index contributed by atoms with van der Waals surface area (Å²) < 4.78 is 2.32. The fourth-order valence-corrected chi connectivity index (χ4v) is 4.56. The number of piperazine rings is 1. The zero-order chi connectivity index (χ0) is 22.6. The van der Waals surface area contributed by atoms with Gasteiger partial charge in [-0.25, -0.2) is 4.98 Å². The molecule has 0 saturated carbocycles. The third-order valence-electron chi connectivity index (χ3n) is 6.28. The SMILES string of the molecule is O=C(Cc1ccc(Cl)cc1)N1CCN(Cc2nc3ccccc3n2Cc2ccccc2)CC1. The Kier molecular flexibility index (Phi) is 6.42. The lowest BCUT2D eigenvalue weighted by Gasteiger charge is -2.34. The average Bonchev–Trinajstić information content (AvgIpc) is 3.18. The number of imidazole rings is 1. The minimum Gasteiger partial charge on any atom is -0.340 e. The molecule has 0 spiro atoms. The van der Waals surface area contributed by atoms with Gasteiger partial charge in [-0.3, -0.25) is 9.69 Å². The maximum Gasteiger partial charge on any atom is 0.227 e. The molecule has 1 fully saturated rings. The fraction of sp³-hybridized carbons (Fsp3) is 0.259. The van der Waals surface area contributed by atoms with Crippen LogP contribution < -0.4 is 0 Å². The first kappa shape index (κ1) is 21.7. The minimum absolute atomic E-state index is 0.174. The summed E-state index contributed by atoms with van der Waals surface area (Å²) in [7, 11) is 0. The number of amides is 1. The lowest BCUT2D eigenvalue weighted by molar-refractivity contribution is -0.132. The van der Waals surface area contributed by atoms with E-state index in [2.05, 4.69) is 51.9 Å². The third kappa shape index (κ3) is 5.10. The zero-order valence-corrected chi connectivity index (χ0v) is 19.3. The summed E-state index contributed by atoms with van der Waals surface area (Å²) in [6.07, 6.45) is 0.421. The molecule has 1 saturated heterocycles. The molecular formula is C27H27ClN4O. The van der Waals surface area contributed by atoms with Crippen LogP contribution in [-0.4, -0.2) is 51.4 Å². The first-order valence-electron chi connectivity index (χ1n) is 11.4. The quantitative estimate of drug-likeness (QED) is 0.423. The van der Waals surface area contributed by atoms with Crippen molar-refractivity contribution in [3.63, 3.8) is 0 Å². The average molecular weight is 459 g/mol. The summed E-state index contributed by atoms with van der Waals surface area (Å²) in [4.78, 5) is 22.1. The number of benzene rings is 3. The van der Waals surface area contributed by atoms with Crippen LogP contribution in [0.1, 0.15) is 17.0 Å². The Bertz CT molecular complexity index is 1230. The molecule has 5 rings (SSSR count). The van der Waals surface area contributed by atoms with Gasteiger partial charge in [0.1, 0.15) is 5.82 Å². The Morgan fingerprint density at radius 3 is 2.24 bits per heavy atom. The summed E-state index contributed by atoms with van der Waals surface area (Å²) >= 11 is 5.95. The van der Waals surface area contributed by atoms with Gasteiger partial charge in [0.05, 0.1) is 24.0 Å². The molecule has 0 radical (unpaired) electrons. The Balaban J connectivity index is 1.25. The number of carbonyl (C=O) groups excluding carboxylic acids is 1. The highest BCUT2D eigenvalue weighted by atomic mass is 35.5. The normalized spacial score (nSPS) is 14.6. The molecule has 0 unspecified atom stereocenters. The van der Waals surface area contributed by atoms with Crippen molar-refractivity contribution in [3.8, 4) is 0 Å². The number of halogens is 1. The van der Waals surface area contributed by atoms with Gasteiger partial charge < -0.3 is 9.47 Å². The number of fused-ring (bicyclic) bond motifs is 1. The van der Waals surface area contributed by atoms with Crippen molar-refractivity contribution in [3.05, 3.63) is 101 Å². The topological polar surface area (TPSA) is 41.4 Å². The van der Waals surface area contributed by atoms with E-state index in [0.717, 1.165) is 61.7 Å². The molecule has 6 heteroatoms. The smallest absolute Gasteiger partial charge is 0.227 e. The van der Waals surface area contributed by atoms with Crippen LogP contribution in [-0.2, 0) is 24.3 Å². The second-order valence-electron chi connectivity index (χ2n) is 8.55. The summed E-state index contributed by atoms with van der Waals surface area (Å²) in [5.74, 6) is 1.24. The number of aromatic nitrogens is 2. The van der Waals surface area contributed by atoms with Crippen LogP contribution in [0.5, 0.6) is 0 Å². The zero-order valence-electron chi connectivity index (χ0n) is 18.5. The Morgan fingerprint density at radius 2 is 1.48 bits per heavy atom. The van der Waals surface area contributed by atoms with E-state index in [4.69, 9.17) is 16.6 Å². The van der Waals surface area contributed by atoms with E-state index >= 15 is 0 Å². The number of hydrogen-bond donors (Lipinski definition) is 0. The lowest BCUT2D eigenvalue weighted by Crippen LogP contribution is -2.49. The molecule has 0 N–H and O–H groups in total. The van der Waals surface area contributed by atoms with Gasteiger partial charge in [0.25, 0.3) is 0 Å². The van der Waals surface area contributed by atoms with Crippen LogP contribution in [0.25, 0.3) is 11.0 Å². The van der Waals surface area contributed by atoms with E-state index in [1.165, 1.54) is 5.56 Å². The standard InChI is InChI=1S/C27H27ClN4O/c28-23-12-10-21(11-13-23)18-27(33)31-16-14-30(15-17-31)20-26-29-24-8-4-5-9-25(24)32(26)19-22-6-2-1-3-7-22/h1-13H,14-20H2. The molecule has 0 aliphatic carbocycles. The molecule has 1 aliphatic rings. The van der Waals surface area contributed by atoms with Crippen molar-refractivity contribution in [2.45, 2.75) is 19.5 Å². The molecule has 1 aliphatic heterocycles. The van der Waals surface area contributed by atoms with E-state index in [-0.39, 0.29) is 5.91 Å². The first-order chi connectivity index (χ1) is 16.2. The molecule has 33 heavy (non-hydrogen) atoms. The van der Waals surface area contributed by atoms with Gasteiger partial charge in [-0.05, 0) is 35.4 Å². The summed E-state index contributed by atoms with van der Waals surface area (Å²) in [6, 6.07) is 26.4. The van der Waals surface area contributed by atoms with Crippen molar-refractivity contribution in [1.82, 2.24) is 19.4 Å². The first-order valence-corrected chi connectivity index (χ1v) is 11.8. The third-order valence-corrected chi connectivity index (χ3v) is 6.53. The number of nitrogens with zero attached hydrogens (tertiary/aromatic N) is 4. The van der Waals surface area contributed by atoms with E-state index in [0.29, 0.717) is 11.4 Å². The second kappa shape index (κ2) is 9.77. The van der Waals surface area contributed by atoms with Crippen LogP contribution in [0.3, 0.4) is 0 Å². The van der Waals surface area contributed by atoms with Crippen LogP contribution in [0.15, 0.2) is 78.9 Å². The molecule has 3 aromatic carbocycles. The van der Waals surface area contributed by atoms with Gasteiger partial charge in [0.2, 0.25) is 5.91 Å². The molecule has 0 bridgehead atoms. The van der Waals surface area contributed by atoms with E-state index in [1.807, 2.05) is 41.3 Å². The molecule has 5 nitrogen and oxygen atoms in total. The molecule has 2 heterocycles. The van der Waals surface area contributed by atoms with Crippen LogP contribution in [0, 0.1) is 0 Å². The lowest BCUT2D eigenvalue weighted by atomic mass is 10.1. The van der Waals surface area contributed by atoms with E-state index in [1.54, 1.807) is 0 Å². The van der Waals surface area contributed by atoms with Crippen molar-refractivity contribution < 1.29 is 4.79 Å². The van der Waals surface area contributed by atoms with Crippen molar-refractivity contribution in [2.24, 2.45) is 0 Å². The van der Waals surface area contributed by atoms with Crippen molar-refractivity contribution >= 4 is 28.5 Å². The van der Waals surface area contributed by atoms with Gasteiger partial charge in [-0.1, -0.05) is 66.2 Å². The number of carbonyl (C=O) groups is 1. The van der Waals surface area contributed by atoms with Gasteiger partial charge in [-0.15, -0.1) is 0 Å². The van der Waals surface area contributed by atoms with E-state index < -0.39 is 0 Å². The molecule has 168 valence electrons.